The van der Waals surface area contributed by atoms with Gasteiger partial charge >= 0.3 is 0 Å². The van der Waals surface area contributed by atoms with E-state index in [1.165, 1.54) is 16.7 Å². The molecule has 1 aromatic heterocycles. The maximum absolute atomic E-state index is 13.1. The number of ether oxygens (including phenoxy) is 2. The Hall–Kier alpha value is -3.10. The fourth-order valence-corrected chi connectivity index (χ4v) is 6.38. The molecule has 0 unspecified atom stereocenters. The minimum Gasteiger partial charge on any atom is -0.493 e. The van der Waals surface area contributed by atoms with Gasteiger partial charge < -0.3 is 19.4 Å². The van der Waals surface area contributed by atoms with Gasteiger partial charge in [-0.25, -0.2) is 4.98 Å². The molecule has 4 aromatic rings. The number of rotatable bonds is 8. The van der Waals surface area contributed by atoms with Crippen molar-refractivity contribution in [3.63, 3.8) is 0 Å². The third kappa shape index (κ3) is 5.20. The maximum Gasteiger partial charge on any atom is 0.233 e. The number of para-hydroxylation sites is 2. The predicted octanol–water partition coefficient (Wildman–Crippen LogP) is 5.86. The van der Waals surface area contributed by atoms with E-state index in [1.807, 2.05) is 41.3 Å². The van der Waals surface area contributed by atoms with Crippen LogP contribution in [0.2, 0.25) is 0 Å². The molecule has 3 aromatic carbocycles. The van der Waals surface area contributed by atoms with Crippen molar-refractivity contribution < 1.29 is 14.3 Å². The number of hydrogen-bond donors (Lipinski definition) is 1. The number of fused-ring (bicyclic) bond motifs is 2. The van der Waals surface area contributed by atoms with Gasteiger partial charge in [0, 0.05) is 23.7 Å². The largest absolute Gasteiger partial charge is 0.493 e. The summed E-state index contributed by atoms with van der Waals surface area (Å²) in [5.74, 6) is 2.83. The molecule has 0 radical (unpaired) electrons. The summed E-state index contributed by atoms with van der Waals surface area (Å²) in [6.45, 7) is 3.45. The van der Waals surface area contributed by atoms with E-state index in [2.05, 4.69) is 35.1 Å². The summed E-state index contributed by atoms with van der Waals surface area (Å²) < 4.78 is 10.9. The van der Waals surface area contributed by atoms with Gasteiger partial charge in [-0.15, -0.1) is 11.8 Å². The van der Waals surface area contributed by atoms with Gasteiger partial charge in [-0.2, -0.15) is 0 Å². The number of benzene rings is 3. The highest BCUT2D eigenvalue weighted by Gasteiger charge is 2.23. The van der Waals surface area contributed by atoms with Crippen LogP contribution in [0, 0.1) is 6.92 Å². The number of nitrogens with zero attached hydrogens (tertiary/aromatic N) is 2. The predicted molar refractivity (Wildman–Crippen MR) is 146 cm³/mol. The molecule has 36 heavy (non-hydrogen) atoms. The zero-order valence-electron chi connectivity index (χ0n) is 20.7. The number of hydrogen-bond acceptors (Lipinski definition) is 6. The highest BCUT2D eigenvalue weighted by Crippen LogP contribution is 2.34. The minimum absolute atomic E-state index is 0.155. The Labute approximate surface area is 219 Å². The van der Waals surface area contributed by atoms with Crippen LogP contribution in [0.1, 0.15) is 22.3 Å². The Morgan fingerprint density at radius 3 is 2.58 bits per heavy atom. The Balaban J connectivity index is 1.20. The van der Waals surface area contributed by atoms with Crippen LogP contribution in [-0.2, 0) is 23.5 Å². The Morgan fingerprint density at radius 1 is 1.03 bits per heavy atom. The third-order valence-electron chi connectivity index (χ3n) is 6.55. The summed E-state index contributed by atoms with van der Waals surface area (Å²) in [6, 6.07) is 18.4. The van der Waals surface area contributed by atoms with Gasteiger partial charge in [0.1, 0.15) is 0 Å². The first-order valence-electron chi connectivity index (χ1n) is 11.9. The van der Waals surface area contributed by atoms with E-state index in [1.54, 1.807) is 37.7 Å². The second-order valence-electron chi connectivity index (χ2n) is 8.72. The van der Waals surface area contributed by atoms with Gasteiger partial charge in [0.05, 0.1) is 31.0 Å². The Kier molecular flexibility index (Phi) is 7.43. The molecule has 0 saturated heterocycles. The van der Waals surface area contributed by atoms with Gasteiger partial charge in [-0.05, 0) is 65.9 Å². The van der Waals surface area contributed by atoms with Crippen LogP contribution in [0.5, 0.6) is 11.5 Å². The van der Waals surface area contributed by atoms with Gasteiger partial charge in [-0.3, -0.25) is 4.79 Å². The normalized spacial score (nSPS) is 13.0. The highest BCUT2D eigenvalue weighted by atomic mass is 32.2. The summed E-state index contributed by atoms with van der Waals surface area (Å²) in [4.78, 5) is 24.2. The van der Waals surface area contributed by atoms with Crippen LogP contribution in [-0.4, -0.2) is 47.3 Å². The summed E-state index contributed by atoms with van der Waals surface area (Å²) in [5.41, 5.74) is 6.85. The Morgan fingerprint density at radius 2 is 1.81 bits per heavy atom. The number of imidazole rings is 1. The third-order valence-corrected chi connectivity index (χ3v) is 8.62. The molecule has 0 atom stereocenters. The van der Waals surface area contributed by atoms with Crippen molar-refractivity contribution in [1.29, 1.82) is 0 Å². The second kappa shape index (κ2) is 10.9. The number of H-pyrrole nitrogens is 1. The molecule has 0 aliphatic carbocycles. The average molecular weight is 520 g/mol. The molecule has 2 heterocycles. The molecule has 6 nitrogen and oxygen atoms in total. The fourth-order valence-electron chi connectivity index (χ4n) is 4.44. The number of methoxy groups -OCH3 is 2. The van der Waals surface area contributed by atoms with E-state index in [0.717, 1.165) is 51.1 Å². The number of carbonyl (C=O) groups is 1. The SMILES string of the molecule is COc1cc2c(cc1OC)CN(C(=O)CSc1cccc(CSc3nc4ccccc4[nH]3)c1C)CC2. The number of nitrogens with one attached hydrogen (secondary N) is 1. The molecule has 0 spiro atoms. The first-order valence-corrected chi connectivity index (χ1v) is 13.8. The zero-order valence-corrected chi connectivity index (χ0v) is 22.3. The number of aromatic amines is 1. The van der Waals surface area contributed by atoms with Gasteiger partial charge in [0.25, 0.3) is 0 Å². The Bertz CT molecular complexity index is 1370. The lowest BCUT2D eigenvalue weighted by Crippen LogP contribution is -2.37. The van der Waals surface area contributed by atoms with Gasteiger partial charge in [0.2, 0.25) is 5.91 Å². The van der Waals surface area contributed by atoms with Crippen LogP contribution >= 0.6 is 23.5 Å². The smallest absolute Gasteiger partial charge is 0.233 e. The molecule has 1 aliphatic rings. The van der Waals surface area contributed by atoms with Crippen molar-refractivity contribution in [3.8, 4) is 11.5 Å². The number of amides is 1. The molecule has 5 rings (SSSR count). The summed E-state index contributed by atoms with van der Waals surface area (Å²) in [7, 11) is 3.28. The molecular weight excluding hydrogens is 490 g/mol. The van der Waals surface area contributed by atoms with Gasteiger partial charge in [0.15, 0.2) is 16.7 Å². The first-order chi connectivity index (χ1) is 17.6. The summed E-state index contributed by atoms with van der Waals surface area (Å²) in [5, 5.41) is 0.920. The van der Waals surface area contributed by atoms with Gasteiger partial charge in [-0.1, -0.05) is 36.0 Å². The summed E-state index contributed by atoms with van der Waals surface area (Å²) >= 11 is 3.31. The average Bonchev–Trinajstić information content (AvgIpc) is 3.33. The molecule has 0 bridgehead atoms. The van der Waals surface area contributed by atoms with E-state index in [0.29, 0.717) is 18.0 Å². The fraction of sp³-hybridized carbons (Fsp3) is 0.286. The standard InChI is InChI=1S/C28H29N3O3S2/c1-18-20(16-36-28-29-22-8-4-5-9-23(22)30-28)7-6-10-26(18)35-17-27(32)31-12-11-19-13-24(33-2)25(34-3)14-21(19)15-31/h4-10,13-14H,11-12,15-17H2,1-3H3,(H,29,30). The topological polar surface area (TPSA) is 67.5 Å². The molecule has 1 aliphatic heterocycles. The lowest BCUT2D eigenvalue weighted by molar-refractivity contribution is -0.129. The molecule has 1 amide bonds. The van der Waals surface area contributed by atoms with E-state index in [4.69, 9.17) is 9.47 Å². The van der Waals surface area contributed by atoms with E-state index < -0.39 is 0 Å². The van der Waals surface area contributed by atoms with Crippen LogP contribution in [0.3, 0.4) is 0 Å². The van der Waals surface area contributed by atoms with Crippen molar-refractivity contribution >= 4 is 40.5 Å². The molecular formula is C28H29N3O3S2. The number of carbonyl (C=O) groups excluding carboxylic acids is 1. The van der Waals surface area contributed by atoms with Crippen LogP contribution in [0.4, 0.5) is 0 Å². The van der Waals surface area contributed by atoms with Crippen LogP contribution in [0.25, 0.3) is 11.0 Å². The first kappa shape index (κ1) is 24.6. The van der Waals surface area contributed by atoms with Crippen LogP contribution < -0.4 is 9.47 Å². The zero-order chi connectivity index (χ0) is 25.1. The molecule has 8 heteroatoms. The van der Waals surface area contributed by atoms with E-state index in [9.17, 15) is 4.79 Å². The minimum atomic E-state index is 0.155. The van der Waals surface area contributed by atoms with E-state index >= 15 is 0 Å². The van der Waals surface area contributed by atoms with E-state index in [-0.39, 0.29) is 5.91 Å². The highest BCUT2D eigenvalue weighted by molar-refractivity contribution is 8.00. The second-order valence-corrected chi connectivity index (χ2v) is 10.7. The molecule has 0 fully saturated rings. The maximum atomic E-state index is 13.1. The monoisotopic (exact) mass is 519 g/mol. The number of thioether (sulfide) groups is 2. The van der Waals surface area contributed by atoms with Crippen molar-refractivity contribution in [2.75, 3.05) is 26.5 Å². The quantitative estimate of drug-likeness (QED) is 0.294. The number of aromatic nitrogens is 2. The van der Waals surface area contributed by atoms with Crippen molar-refractivity contribution in [2.24, 2.45) is 0 Å². The van der Waals surface area contributed by atoms with Crippen LogP contribution in [0.15, 0.2) is 64.6 Å². The van der Waals surface area contributed by atoms with Crippen molar-refractivity contribution in [2.45, 2.75) is 35.7 Å². The van der Waals surface area contributed by atoms with Crippen molar-refractivity contribution in [1.82, 2.24) is 14.9 Å². The lowest BCUT2D eigenvalue weighted by atomic mass is 9.99. The molecule has 1 N–H and O–H groups in total. The lowest BCUT2D eigenvalue weighted by Gasteiger charge is -2.29. The van der Waals surface area contributed by atoms with Crippen molar-refractivity contribution in [3.05, 3.63) is 76.9 Å². The molecule has 186 valence electrons. The summed E-state index contributed by atoms with van der Waals surface area (Å²) in [6.07, 6.45) is 0.819. The molecule has 0 saturated carbocycles.